The number of hydrogen-bond acceptors (Lipinski definition) is 2. The van der Waals surface area contributed by atoms with Gasteiger partial charge in [-0.15, -0.1) is 0 Å². The molecule has 0 aliphatic heterocycles. The van der Waals surface area contributed by atoms with Gasteiger partial charge in [-0.05, 0) is 18.6 Å². The summed E-state index contributed by atoms with van der Waals surface area (Å²) >= 11 is 0. The van der Waals surface area contributed by atoms with Gasteiger partial charge in [0.05, 0.1) is 0 Å². The fourth-order valence-corrected chi connectivity index (χ4v) is 2.17. The van der Waals surface area contributed by atoms with Crippen LogP contribution in [0.25, 0.3) is 0 Å². The molecular formula is C11H10F10NO2P. The summed E-state index contributed by atoms with van der Waals surface area (Å²) in [6, 6.07) is 5.96. The number of rotatable bonds is 3. The Hall–Kier alpha value is -1.36. The average Bonchev–Trinajstić information content (AvgIpc) is 2.46. The van der Waals surface area contributed by atoms with E-state index in [9.17, 15) is 48.5 Å². The first kappa shape index (κ1) is 23.6. The maximum atomic E-state index is 12.1. The van der Waals surface area contributed by atoms with Crippen LogP contribution in [0.2, 0.25) is 0 Å². The number of halogens is 10. The molecule has 0 bridgehead atoms. The second kappa shape index (κ2) is 7.48. The van der Waals surface area contributed by atoms with Gasteiger partial charge in [0.2, 0.25) is 0 Å². The second-order valence-electron chi connectivity index (χ2n) is 4.33. The fraction of sp³-hybridized carbons (Fsp3) is 0.545. The van der Waals surface area contributed by atoms with E-state index in [4.69, 9.17) is 4.89 Å². The van der Waals surface area contributed by atoms with Crippen molar-refractivity contribution >= 4 is 7.37 Å². The topological polar surface area (TPSA) is 50.2 Å². The van der Waals surface area contributed by atoms with Crippen molar-refractivity contribution in [3.05, 3.63) is 30.1 Å². The lowest BCUT2D eigenvalue weighted by Crippen LogP contribution is -2.47. The second-order valence-corrected chi connectivity index (χ2v) is 6.60. The highest BCUT2D eigenvalue weighted by Crippen LogP contribution is 2.74. The Balaban J connectivity index is 0.000000593. The summed E-state index contributed by atoms with van der Waals surface area (Å²) in [6.07, 6.45) is -11.2. The normalized spacial score (nSPS) is 13.9. The van der Waals surface area contributed by atoms with Crippen LogP contribution in [0, 0.1) is 0 Å². The average molecular weight is 409 g/mol. The number of nitrogens with zero attached hydrogens (tertiary/aromatic N) is 1. The van der Waals surface area contributed by atoms with E-state index in [1.165, 1.54) is 0 Å². The lowest BCUT2D eigenvalue weighted by molar-refractivity contribution is -0.270. The smallest absolute Gasteiger partial charge is 0.336 e. The van der Waals surface area contributed by atoms with E-state index in [0.29, 0.717) is 0 Å². The third-order valence-corrected chi connectivity index (χ3v) is 4.56. The van der Waals surface area contributed by atoms with E-state index in [1.807, 2.05) is 24.4 Å². The number of aryl methyl sites for hydroxylation is 1. The third-order valence-electron chi connectivity index (χ3n) is 2.53. The van der Waals surface area contributed by atoms with Crippen LogP contribution in [0.1, 0.15) is 12.6 Å². The maximum Gasteiger partial charge on any atom is 0.463 e. The minimum Gasteiger partial charge on any atom is -0.336 e. The van der Waals surface area contributed by atoms with Crippen molar-refractivity contribution in [1.29, 1.82) is 0 Å². The van der Waals surface area contributed by atoms with Crippen LogP contribution in [0.3, 0.4) is 0 Å². The number of hydrogen-bond donors (Lipinski definition) is 1. The predicted octanol–water partition coefficient (Wildman–Crippen LogP) is 5.21. The van der Waals surface area contributed by atoms with E-state index in [1.54, 1.807) is 0 Å². The van der Waals surface area contributed by atoms with Gasteiger partial charge in [-0.3, -0.25) is 9.55 Å². The van der Waals surface area contributed by atoms with Crippen molar-refractivity contribution in [1.82, 2.24) is 4.98 Å². The van der Waals surface area contributed by atoms with Crippen LogP contribution in [0.5, 0.6) is 0 Å². The minimum absolute atomic E-state index is 1.03. The minimum atomic E-state index is -8.26. The fourth-order valence-electron chi connectivity index (χ4n) is 1.13. The molecule has 1 aromatic heterocycles. The summed E-state index contributed by atoms with van der Waals surface area (Å²) < 4.78 is 127. The van der Waals surface area contributed by atoms with E-state index in [-0.39, 0.29) is 0 Å². The zero-order valence-electron chi connectivity index (χ0n) is 12.0. The molecule has 0 atom stereocenters. The Bertz CT molecular complexity index is 569. The molecule has 146 valence electrons. The van der Waals surface area contributed by atoms with Crippen LogP contribution >= 0.6 is 7.37 Å². The number of pyridine rings is 1. The molecule has 1 heterocycles. The summed E-state index contributed by atoms with van der Waals surface area (Å²) in [4.78, 5) is 12.0. The first-order chi connectivity index (χ1) is 10.9. The Labute approximate surface area is 134 Å². The molecular weight excluding hydrogens is 399 g/mol. The Morgan fingerprint density at radius 3 is 1.52 bits per heavy atom. The molecule has 14 heteroatoms. The highest BCUT2D eigenvalue weighted by atomic mass is 31.2. The van der Waals surface area contributed by atoms with E-state index in [0.717, 1.165) is 12.1 Å². The van der Waals surface area contributed by atoms with Gasteiger partial charge in [0.15, 0.2) is 0 Å². The number of alkyl halides is 10. The monoisotopic (exact) mass is 409 g/mol. The van der Waals surface area contributed by atoms with Crippen molar-refractivity contribution in [2.45, 2.75) is 37.0 Å². The largest absolute Gasteiger partial charge is 0.463 e. The first-order valence-corrected chi connectivity index (χ1v) is 7.71. The molecule has 0 aliphatic rings. The van der Waals surface area contributed by atoms with Gasteiger partial charge in [0.1, 0.15) is 0 Å². The van der Waals surface area contributed by atoms with Crippen molar-refractivity contribution in [2.75, 3.05) is 0 Å². The summed E-state index contributed by atoms with van der Waals surface area (Å²) in [6.45, 7) is 2.10. The molecule has 1 rings (SSSR count). The van der Waals surface area contributed by atoms with Gasteiger partial charge < -0.3 is 4.89 Å². The summed E-state index contributed by atoms with van der Waals surface area (Å²) in [5.41, 5.74) is -13.0. The molecule has 0 unspecified atom stereocenters. The van der Waals surface area contributed by atoms with Gasteiger partial charge in [0.25, 0.3) is 0 Å². The van der Waals surface area contributed by atoms with Crippen molar-refractivity contribution < 1.29 is 53.4 Å². The van der Waals surface area contributed by atoms with E-state index < -0.39 is 31.0 Å². The molecule has 0 saturated carbocycles. The Morgan fingerprint density at radius 2 is 1.32 bits per heavy atom. The van der Waals surface area contributed by atoms with Gasteiger partial charge >= 0.3 is 31.0 Å². The third kappa shape index (κ3) is 4.84. The molecule has 0 aliphatic carbocycles. The molecule has 0 aromatic carbocycles. The lowest BCUT2D eigenvalue weighted by atomic mass is 10.3. The first-order valence-electron chi connectivity index (χ1n) is 6.05. The molecule has 0 radical (unpaired) electrons. The van der Waals surface area contributed by atoms with Crippen LogP contribution in [-0.2, 0) is 11.0 Å². The number of aromatic nitrogens is 1. The van der Waals surface area contributed by atoms with E-state index >= 15 is 0 Å². The molecule has 1 aromatic rings. The molecule has 0 amide bonds. The Morgan fingerprint density at radius 1 is 0.920 bits per heavy atom. The van der Waals surface area contributed by atoms with Gasteiger partial charge in [-0.1, -0.05) is 13.0 Å². The van der Waals surface area contributed by atoms with Gasteiger partial charge in [0, 0.05) is 11.9 Å². The van der Waals surface area contributed by atoms with Gasteiger partial charge in [-0.25, -0.2) is 0 Å². The van der Waals surface area contributed by atoms with Crippen LogP contribution in [0.15, 0.2) is 24.4 Å². The summed E-state index contributed by atoms with van der Waals surface area (Å²) in [5.74, 6) is 0. The maximum absolute atomic E-state index is 12.1. The van der Waals surface area contributed by atoms with E-state index in [2.05, 4.69) is 11.9 Å². The SMILES string of the molecule is CCc1ccccn1.O=P(O)(C(F)(F)C(F)(F)F)C(F)(F)C(F)(F)F. The molecule has 25 heavy (non-hydrogen) atoms. The molecule has 1 N–H and O–H groups in total. The van der Waals surface area contributed by atoms with Crippen molar-refractivity contribution in [2.24, 2.45) is 0 Å². The quantitative estimate of drug-likeness (QED) is 0.551. The zero-order chi connectivity index (χ0) is 20.3. The molecule has 3 nitrogen and oxygen atoms in total. The van der Waals surface area contributed by atoms with Crippen molar-refractivity contribution in [3.63, 3.8) is 0 Å². The summed E-state index contributed by atoms with van der Waals surface area (Å²) in [7, 11) is -8.26. The Kier molecular flexibility index (Phi) is 7.08. The van der Waals surface area contributed by atoms with Crippen LogP contribution < -0.4 is 0 Å². The van der Waals surface area contributed by atoms with Crippen molar-refractivity contribution in [3.8, 4) is 0 Å². The van der Waals surface area contributed by atoms with Crippen LogP contribution in [-0.4, -0.2) is 33.6 Å². The molecule has 0 fully saturated rings. The predicted molar refractivity (Wildman–Crippen MR) is 65.4 cm³/mol. The summed E-state index contributed by atoms with van der Waals surface area (Å²) in [5, 5.41) is 0. The highest BCUT2D eigenvalue weighted by molar-refractivity contribution is 7.60. The molecule has 0 saturated heterocycles. The molecule has 0 spiro atoms. The zero-order valence-corrected chi connectivity index (χ0v) is 12.9. The van der Waals surface area contributed by atoms with Gasteiger partial charge in [-0.2, -0.15) is 43.9 Å². The standard InChI is InChI=1S/C7H9N.C4HF10O2P/c1-2-7-5-3-4-6-8-7;5-1(6,7)3(11,12)17(15,16)4(13,14)2(8,9)10/h3-6H,2H2,1H3;(H,15,16). The highest BCUT2D eigenvalue weighted by Gasteiger charge is 2.83. The lowest BCUT2D eigenvalue weighted by Gasteiger charge is -2.30. The van der Waals surface area contributed by atoms with Crippen LogP contribution in [0.4, 0.5) is 43.9 Å².